The second kappa shape index (κ2) is 6.59. The third-order valence-corrected chi connectivity index (χ3v) is 4.05. The van der Waals surface area contributed by atoms with Crippen molar-refractivity contribution in [3.63, 3.8) is 0 Å². The zero-order valence-corrected chi connectivity index (χ0v) is 13.8. The number of fused-ring (bicyclic) bond motifs is 1. The fraction of sp³-hybridized carbons (Fsp3) is 0.125. The third kappa shape index (κ3) is 3.11. The number of aromatic nitrogens is 1. The predicted molar refractivity (Wildman–Crippen MR) is 89.3 cm³/mol. The van der Waals surface area contributed by atoms with Crippen LogP contribution in [0.1, 0.15) is 27.3 Å². The molecular weight excluding hydrogens is 353 g/mol. The molecular formula is C16H11Cl2N3O3. The van der Waals surface area contributed by atoms with Gasteiger partial charge in [-0.2, -0.15) is 0 Å². The zero-order chi connectivity index (χ0) is 17.3. The van der Waals surface area contributed by atoms with Gasteiger partial charge in [-0.15, -0.1) is 0 Å². The standard InChI is InChI=1S/C16H11Cl2N3O3/c17-9-3-4-12(11(18)8-9)20-13(22)5-7-21-15(23)10-2-1-6-19-14(10)16(21)24/h1-4,6,8H,5,7H2,(H,20,22). The van der Waals surface area contributed by atoms with Gasteiger partial charge in [-0.3, -0.25) is 24.3 Å². The molecule has 1 aromatic carbocycles. The average molecular weight is 364 g/mol. The summed E-state index contributed by atoms with van der Waals surface area (Å²) in [5.41, 5.74) is 0.780. The Morgan fingerprint density at radius 1 is 1.17 bits per heavy atom. The van der Waals surface area contributed by atoms with E-state index in [1.807, 2.05) is 0 Å². The van der Waals surface area contributed by atoms with Crippen LogP contribution in [-0.2, 0) is 4.79 Å². The molecule has 0 saturated heterocycles. The Hall–Kier alpha value is -2.44. The molecule has 24 heavy (non-hydrogen) atoms. The van der Waals surface area contributed by atoms with Gasteiger partial charge < -0.3 is 5.32 Å². The van der Waals surface area contributed by atoms with Gasteiger partial charge in [0.1, 0.15) is 5.69 Å². The molecule has 0 unspecified atom stereocenters. The normalized spacial score (nSPS) is 13.2. The number of imide groups is 1. The highest BCUT2D eigenvalue weighted by molar-refractivity contribution is 6.36. The van der Waals surface area contributed by atoms with Crippen molar-refractivity contribution < 1.29 is 14.4 Å². The number of nitrogens with one attached hydrogen (secondary N) is 1. The van der Waals surface area contributed by atoms with E-state index in [2.05, 4.69) is 10.3 Å². The number of carbonyl (C=O) groups excluding carboxylic acids is 3. The number of pyridine rings is 1. The van der Waals surface area contributed by atoms with Gasteiger partial charge >= 0.3 is 0 Å². The summed E-state index contributed by atoms with van der Waals surface area (Å²) in [7, 11) is 0. The number of amides is 3. The maximum atomic E-state index is 12.2. The lowest BCUT2D eigenvalue weighted by Crippen LogP contribution is -2.33. The van der Waals surface area contributed by atoms with Gasteiger partial charge in [0.05, 0.1) is 16.3 Å². The SMILES string of the molecule is O=C(CCN1C(=O)c2cccnc2C1=O)Nc1ccc(Cl)cc1Cl. The first-order chi connectivity index (χ1) is 11.5. The van der Waals surface area contributed by atoms with E-state index < -0.39 is 11.8 Å². The van der Waals surface area contributed by atoms with Crippen LogP contribution in [0.5, 0.6) is 0 Å². The Morgan fingerprint density at radius 2 is 1.96 bits per heavy atom. The number of halogens is 2. The van der Waals surface area contributed by atoms with E-state index in [1.165, 1.54) is 18.3 Å². The van der Waals surface area contributed by atoms with Crippen LogP contribution in [0, 0.1) is 0 Å². The first kappa shape index (κ1) is 16.4. The van der Waals surface area contributed by atoms with Gasteiger partial charge in [0, 0.05) is 24.2 Å². The summed E-state index contributed by atoms with van der Waals surface area (Å²) >= 11 is 11.8. The molecule has 0 saturated carbocycles. The molecule has 0 radical (unpaired) electrons. The molecule has 0 atom stereocenters. The summed E-state index contributed by atoms with van der Waals surface area (Å²) in [6.07, 6.45) is 1.40. The van der Waals surface area contributed by atoms with Crippen LogP contribution in [-0.4, -0.2) is 34.2 Å². The van der Waals surface area contributed by atoms with Crippen molar-refractivity contribution in [1.82, 2.24) is 9.88 Å². The molecule has 2 heterocycles. The molecule has 3 amide bonds. The highest BCUT2D eigenvalue weighted by Crippen LogP contribution is 2.25. The van der Waals surface area contributed by atoms with Crippen molar-refractivity contribution in [2.75, 3.05) is 11.9 Å². The van der Waals surface area contributed by atoms with E-state index in [0.717, 1.165) is 4.90 Å². The monoisotopic (exact) mass is 363 g/mol. The maximum Gasteiger partial charge on any atom is 0.280 e. The summed E-state index contributed by atoms with van der Waals surface area (Å²) < 4.78 is 0. The number of hydrogen-bond acceptors (Lipinski definition) is 4. The maximum absolute atomic E-state index is 12.2. The highest BCUT2D eigenvalue weighted by atomic mass is 35.5. The van der Waals surface area contributed by atoms with Crippen LogP contribution >= 0.6 is 23.2 Å². The Kier molecular flexibility index (Phi) is 4.51. The van der Waals surface area contributed by atoms with Gasteiger partial charge in [-0.25, -0.2) is 0 Å². The lowest BCUT2D eigenvalue weighted by atomic mass is 10.2. The van der Waals surface area contributed by atoms with E-state index in [1.54, 1.807) is 18.2 Å². The Balaban J connectivity index is 1.63. The predicted octanol–water partition coefficient (Wildman–Crippen LogP) is 3.01. The van der Waals surface area contributed by atoms with E-state index in [4.69, 9.17) is 23.2 Å². The van der Waals surface area contributed by atoms with Crippen molar-refractivity contribution in [1.29, 1.82) is 0 Å². The number of nitrogens with zero attached hydrogens (tertiary/aromatic N) is 2. The molecule has 3 rings (SSSR count). The Bertz CT molecular complexity index is 819. The lowest BCUT2D eigenvalue weighted by Gasteiger charge is -2.13. The number of benzene rings is 1. The first-order valence-corrected chi connectivity index (χ1v) is 7.79. The lowest BCUT2D eigenvalue weighted by molar-refractivity contribution is -0.116. The van der Waals surface area contributed by atoms with Crippen molar-refractivity contribution >= 4 is 46.6 Å². The largest absolute Gasteiger partial charge is 0.325 e. The summed E-state index contributed by atoms with van der Waals surface area (Å²) in [6, 6.07) is 7.81. The minimum atomic E-state index is -0.493. The zero-order valence-electron chi connectivity index (χ0n) is 12.3. The molecule has 1 aromatic heterocycles. The second-order valence-electron chi connectivity index (χ2n) is 5.08. The molecule has 0 fully saturated rings. The summed E-state index contributed by atoms with van der Waals surface area (Å²) in [5.74, 6) is -1.31. The Labute approximate surface area is 147 Å². The minimum absolute atomic E-state index is 0.0366. The van der Waals surface area contributed by atoms with Crippen LogP contribution in [0.2, 0.25) is 10.0 Å². The molecule has 1 aliphatic rings. The number of carbonyl (C=O) groups is 3. The van der Waals surface area contributed by atoms with E-state index in [9.17, 15) is 14.4 Å². The van der Waals surface area contributed by atoms with Crippen molar-refractivity contribution in [3.05, 3.63) is 57.8 Å². The molecule has 1 aliphatic heterocycles. The summed E-state index contributed by atoms with van der Waals surface area (Å²) in [4.78, 5) is 41.3. The van der Waals surface area contributed by atoms with Gasteiger partial charge in [0.15, 0.2) is 0 Å². The molecule has 6 nitrogen and oxygen atoms in total. The van der Waals surface area contributed by atoms with E-state index >= 15 is 0 Å². The van der Waals surface area contributed by atoms with Gasteiger partial charge in [0.2, 0.25) is 5.91 Å². The highest BCUT2D eigenvalue weighted by Gasteiger charge is 2.36. The van der Waals surface area contributed by atoms with Crippen molar-refractivity contribution in [2.24, 2.45) is 0 Å². The van der Waals surface area contributed by atoms with Crippen LogP contribution in [0.25, 0.3) is 0 Å². The second-order valence-corrected chi connectivity index (χ2v) is 5.93. The van der Waals surface area contributed by atoms with Crippen LogP contribution in [0.4, 0.5) is 5.69 Å². The fourth-order valence-corrected chi connectivity index (χ4v) is 2.79. The number of rotatable bonds is 4. The number of hydrogen-bond donors (Lipinski definition) is 1. The number of anilines is 1. The van der Waals surface area contributed by atoms with Crippen molar-refractivity contribution in [2.45, 2.75) is 6.42 Å². The topological polar surface area (TPSA) is 79.4 Å². The average Bonchev–Trinajstić information content (AvgIpc) is 2.80. The first-order valence-electron chi connectivity index (χ1n) is 7.03. The Morgan fingerprint density at radius 3 is 2.67 bits per heavy atom. The van der Waals surface area contributed by atoms with Gasteiger partial charge in [0.25, 0.3) is 11.8 Å². The molecule has 8 heteroatoms. The summed E-state index contributed by atoms with van der Waals surface area (Å²) in [6.45, 7) is -0.0366. The quantitative estimate of drug-likeness (QED) is 0.846. The molecule has 1 N–H and O–H groups in total. The smallest absolute Gasteiger partial charge is 0.280 e. The van der Waals surface area contributed by atoms with E-state index in [-0.39, 0.29) is 30.1 Å². The minimum Gasteiger partial charge on any atom is -0.325 e. The van der Waals surface area contributed by atoms with Crippen molar-refractivity contribution in [3.8, 4) is 0 Å². The summed E-state index contributed by atoms with van der Waals surface area (Å²) in [5, 5.41) is 3.38. The van der Waals surface area contributed by atoms with E-state index in [0.29, 0.717) is 15.7 Å². The fourth-order valence-electron chi connectivity index (χ4n) is 2.33. The molecule has 2 aromatic rings. The van der Waals surface area contributed by atoms with Crippen LogP contribution in [0.15, 0.2) is 36.5 Å². The van der Waals surface area contributed by atoms with Gasteiger partial charge in [-0.1, -0.05) is 23.2 Å². The van der Waals surface area contributed by atoms with Gasteiger partial charge in [-0.05, 0) is 30.3 Å². The molecule has 0 aliphatic carbocycles. The molecule has 0 spiro atoms. The van der Waals surface area contributed by atoms with Crippen LogP contribution < -0.4 is 5.32 Å². The molecule has 122 valence electrons. The molecule has 0 bridgehead atoms. The van der Waals surface area contributed by atoms with Crippen LogP contribution in [0.3, 0.4) is 0 Å². The third-order valence-electron chi connectivity index (χ3n) is 3.50.